The molecule has 3 rings (SSSR count). The highest BCUT2D eigenvalue weighted by Gasteiger charge is 2.40. The van der Waals surface area contributed by atoms with Crippen LogP contribution in [0.3, 0.4) is 0 Å². The molecular formula is C23H34Cl2O7. The highest BCUT2D eigenvalue weighted by molar-refractivity contribution is 6.36. The van der Waals surface area contributed by atoms with E-state index >= 15 is 0 Å². The summed E-state index contributed by atoms with van der Waals surface area (Å²) in [6.07, 6.45) is 5.11. The topological polar surface area (TPSA) is 105 Å². The molecule has 0 amide bonds. The molecule has 0 radical (unpaired) electrons. The van der Waals surface area contributed by atoms with Gasteiger partial charge in [0, 0.05) is 21.5 Å². The molecule has 2 aliphatic rings. The summed E-state index contributed by atoms with van der Waals surface area (Å²) >= 11 is 12.4. The van der Waals surface area contributed by atoms with E-state index in [4.69, 9.17) is 43.0 Å². The van der Waals surface area contributed by atoms with E-state index in [1.54, 1.807) is 0 Å². The van der Waals surface area contributed by atoms with Gasteiger partial charge in [-0.05, 0) is 56.1 Å². The molecule has 32 heavy (non-hydrogen) atoms. The summed E-state index contributed by atoms with van der Waals surface area (Å²) in [4.78, 5) is 14.4. The van der Waals surface area contributed by atoms with Gasteiger partial charge in [-0.2, -0.15) is 0 Å². The second-order valence-corrected chi connectivity index (χ2v) is 9.52. The Morgan fingerprint density at radius 2 is 1.84 bits per heavy atom. The molecule has 3 N–H and O–H groups in total. The zero-order valence-corrected chi connectivity index (χ0v) is 20.3. The first-order chi connectivity index (χ1) is 15.2. The van der Waals surface area contributed by atoms with Crippen LogP contribution in [0.4, 0.5) is 0 Å². The van der Waals surface area contributed by atoms with E-state index in [1.807, 2.05) is 6.92 Å². The fraction of sp³-hybridized carbons (Fsp3) is 0.696. The van der Waals surface area contributed by atoms with Gasteiger partial charge in [-0.25, -0.2) is 9.68 Å². The Bertz CT molecular complexity index is 722. The van der Waals surface area contributed by atoms with E-state index in [9.17, 15) is 9.90 Å². The van der Waals surface area contributed by atoms with Crippen LogP contribution in [0, 0.1) is 23.7 Å². The molecule has 0 aromatic heterocycles. The van der Waals surface area contributed by atoms with Crippen molar-refractivity contribution in [2.24, 2.45) is 23.7 Å². The summed E-state index contributed by atoms with van der Waals surface area (Å²) in [6.45, 7) is 4.94. The maximum atomic E-state index is 11.1. The molecule has 0 bridgehead atoms. The zero-order chi connectivity index (χ0) is 23.8. The van der Waals surface area contributed by atoms with Crippen LogP contribution in [0.25, 0.3) is 0 Å². The third-order valence-electron chi connectivity index (χ3n) is 6.70. The first-order valence-corrected chi connectivity index (χ1v) is 11.7. The quantitative estimate of drug-likeness (QED) is 0.273. The lowest BCUT2D eigenvalue weighted by molar-refractivity contribution is -0.214. The highest BCUT2D eigenvalue weighted by atomic mass is 35.5. The number of hydrogen-bond donors (Lipinski definition) is 3. The second kappa shape index (κ2) is 13.1. The fourth-order valence-corrected chi connectivity index (χ4v) is 5.46. The van der Waals surface area contributed by atoms with Gasteiger partial charge in [0.15, 0.2) is 6.29 Å². The van der Waals surface area contributed by atoms with Crippen LogP contribution in [-0.2, 0) is 21.0 Å². The number of carbonyl (C=O) groups is 1. The summed E-state index contributed by atoms with van der Waals surface area (Å²) < 4.78 is 11.8. The largest absolute Gasteiger partial charge is 0.478 e. The molecule has 1 saturated heterocycles. The minimum atomic E-state index is -1.10. The number of carboxylic acids is 1. The van der Waals surface area contributed by atoms with Crippen molar-refractivity contribution < 1.29 is 34.6 Å². The van der Waals surface area contributed by atoms with Crippen LogP contribution < -0.4 is 0 Å². The molecule has 1 saturated carbocycles. The Labute approximate surface area is 199 Å². The van der Waals surface area contributed by atoms with Gasteiger partial charge in [0.2, 0.25) is 0 Å². The van der Waals surface area contributed by atoms with Crippen molar-refractivity contribution in [1.29, 1.82) is 0 Å². The van der Waals surface area contributed by atoms with Crippen molar-refractivity contribution in [3.8, 4) is 0 Å². The Morgan fingerprint density at radius 3 is 2.44 bits per heavy atom. The summed E-state index contributed by atoms with van der Waals surface area (Å²) in [5.74, 6) is 0.302. The maximum Gasteiger partial charge on any atom is 0.335 e. The molecule has 0 spiro atoms. The van der Waals surface area contributed by atoms with Crippen molar-refractivity contribution in [1.82, 2.24) is 0 Å². The number of benzene rings is 1. The van der Waals surface area contributed by atoms with E-state index in [1.165, 1.54) is 38.5 Å². The summed E-state index contributed by atoms with van der Waals surface area (Å²) in [6, 6.07) is 2.69. The Hall–Kier alpha value is -0.930. The number of fused-ring (bicyclic) bond motifs is 1. The predicted octanol–water partition coefficient (Wildman–Crippen LogP) is 5.50. The molecule has 6 unspecified atom stereocenters. The lowest BCUT2D eigenvalue weighted by atomic mass is 9.66. The summed E-state index contributed by atoms with van der Waals surface area (Å²) in [7, 11) is 1.18. The van der Waals surface area contributed by atoms with Crippen LogP contribution in [0.15, 0.2) is 12.1 Å². The average Bonchev–Trinajstić information content (AvgIpc) is 2.94. The van der Waals surface area contributed by atoms with E-state index in [2.05, 4.69) is 11.8 Å². The van der Waals surface area contributed by atoms with Gasteiger partial charge in [0.05, 0.1) is 32.0 Å². The molecule has 9 heteroatoms. The van der Waals surface area contributed by atoms with Gasteiger partial charge in [-0.3, -0.25) is 5.26 Å². The van der Waals surface area contributed by atoms with Crippen LogP contribution >= 0.6 is 23.2 Å². The average molecular weight is 493 g/mol. The third kappa shape index (κ3) is 7.29. The number of rotatable bonds is 6. The van der Waals surface area contributed by atoms with Gasteiger partial charge in [-0.15, -0.1) is 0 Å². The SMILES string of the molecule is CC1CCC2CCCC(C(C)C(O)OCc3c(Cl)cc(C(=O)O)cc3Cl)C2CO1.COO. The second-order valence-electron chi connectivity index (χ2n) is 8.71. The van der Waals surface area contributed by atoms with Gasteiger partial charge in [-0.1, -0.05) is 43.0 Å². The zero-order valence-electron chi connectivity index (χ0n) is 18.8. The van der Waals surface area contributed by atoms with Crippen LogP contribution in [0.2, 0.25) is 10.0 Å². The molecule has 182 valence electrons. The van der Waals surface area contributed by atoms with E-state index in [0.29, 0.717) is 29.4 Å². The molecule has 6 atom stereocenters. The van der Waals surface area contributed by atoms with E-state index in [0.717, 1.165) is 19.4 Å². The molecule has 1 heterocycles. The monoisotopic (exact) mass is 492 g/mol. The molecule has 7 nitrogen and oxygen atoms in total. The van der Waals surface area contributed by atoms with E-state index in [-0.39, 0.29) is 28.1 Å². The third-order valence-corrected chi connectivity index (χ3v) is 7.37. The summed E-state index contributed by atoms with van der Waals surface area (Å²) in [5, 5.41) is 27.3. The molecular weight excluding hydrogens is 459 g/mol. The predicted molar refractivity (Wildman–Crippen MR) is 122 cm³/mol. The van der Waals surface area contributed by atoms with Gasteiger partial charge in [0.1, 0.15) is 0 Å². The fourth-order valence-electron chi connectivity index (χ4n) is 4.87. The van der Waals surface area contributed by atoms with Crippen molar-refractivity contribution in [3.63, 3.8) is 0 Å². The first-order valence-electron chi connectivity index (χ1n) is 11.0. The number of carboxylic acid groups (broad SMARTS) is 1. The summed E-state index contributed by atoms with van der Waals surface area (Å²) in [5.41, 5.74) is 0.506. The lowest BCUT2D eigenvalue weighted by Crippen LogP contribution is -2.39. The molecule has 1 aromatic carbocycles. The number of aliphatic hydroxyl groups excluding tert-OH is 1. The van der Waals surface area contributed by atoms with Gasteiger partial charge >= 0.3 is 5.97 Å². The van der Waals surface area contributed by atoms with Crippen molar-refractivity contribution >= 4 is 29.2 Å². The molecule has 1 aromatic rings. The number of aromatic carboxylic acids is 1. The number of aliphatic hydroxyl groups is 1. The minimum Gasteiger partial charge on any atom is -0.478 e. The Balaban J connectivity index is 0.00000114. The van der Waals surface area contributed by atoms with Crippen LogP contribution in [-0.4, -0.2) is 47.6 Å². The van der Waals surface area contributed by atoms with Crippen LogP contribution in [0.1, 0.15) is 61.9 Å². The number of hydrogen-bond acceptors (Lipinski definition) is 6. The van der Waals surface area contributed by atoms with Crippen molar-refractivity contribution in [3.05, 3.63) is 33.3 Å². The van der Waals surface area contributed by atoms with E-state index < -0.39 is 12.3 Å². The van der Waals surface area contributed by atoms with Crippen molar-refractivity contribution in [2.75, 3.05) is 13.7 Å². The normalized spacial score (nSPS) is 27.3. The maximum absolute atomic E-state index is 11.1. The Kier molecular flexibility index (Phi) is 11.2. The van der Waals surface area contributed by atoms with Gasteiger partial charge in [0.25, 0.3) is 0 Å². The lowest BCUT2D eigenvalue weighted by Gasteiger charge is -2.41. The number of ether oxygens (including phenoxy) is 2. The van der Waals surface area contributed by atoms with Gasteiger partial charge < -0.3 is 19.7 Å². The standard InChI is InChI=1S/C22H30Cl2O5.CH4O2/c1-12-6-7-14-4-3-5-16(17(14)10-28-12)13(2)22(27)29-11-18-19(23)8-15(21(25)26)9-20(18)24;1-3-2/h8-9,12-14,16-17,22,27H,3-7,10-11H2,1-2H3,(H,25,26);2H,1H3. The number of halogens is 2. The Morgan fingerprint density at radius 1 is 1.22 bits per heavy atom. The molecule has 1 aliphatic heterocycles. The smallest absolute Gasteiger partial charge is 0.335 e. The van der Waals surface area contributed by atoms with Crippen LogP contribution in [0.5, 0.6) is 0 Å². The molecule has 2 fully saturated rings. The minimum absolute atomic E-state index is 0.0218. The molecule has 1 aliphatic carbocycles. The van der Waals surface area contributed by atoms with Crippen molar-refractivity contribution in [2.45, 2.75) is 65.0 Å². The highest BCUT2D eigenvalue weighted by Crippen LogP contribution is 2.44. The first kappa shape index (κ1) is 27.3.